The van der Waals surface area contributed by atoms with Crippen LogP contribution in [0.3, 0.4) is 0 Å². The summed E-state index contributed by atoms with van der Waals surface area (Å²) in [5.41, 5.74) is 2.36. The van der Waals surface area contributed by atoms with Crippen molar-refractivity contribution in [1.29, 1.82) is 0 Å². The van der Waals surface area contributed by atoms with E-state index in [1.807, 2.05) is 17.5 Å². The molecule has 0 radical (unpaired) electrons. The molecule has 1 heterocycles. The lowest BCUT2D eigenvalue weighted by atomic mass is 9.92. The van der Waals surface area contributed by atoms with Crippen molar-refractivity contribution in [3.05, 3.63) is 57.8 Å². The zero-order valence-corrected chi connectivity index (χ0v) is 12.0. The number of aliphatic carboxylic acids is 1. The summed E-state index contributed by atoms with van der Waals surface area (Å²) in [4.78, 5) is 12.2. The number of thiophene rings is 1. The Bertz CT molecular complexity index is 526. The molecular formula is C16H18O2S. The Morgan fingerprint density at radius 2 is 1.79 bits per heavy atom. The van der Waals surface area contributed by atoms with E-state index in [2.05, 4.69) is 38.1 Å². The first kappa shape index (κ1) is 13.8. The number of carboxylic acids is 1. The van der Waals surface area contributed by atoms with Gasteiger partial charge in [-0.2, -0.15) is 0 Å². The molecule has 0 fully saturated rings. The number of carboxylic acid groups (broad SMARTS) is 1. The highest BCUT2D eigenvalue weighted by Crippen LogP contribution is 2.32. The zero-order valence-electron chi connectivity index (χ0n) is 11.2. The summed E-state index contributed by atoms with van der Waals surface area (Å²) in [6.45, 7) is 4.31. The summed E-state index contributed by atoms with van der Waals surface area (Å²) < 4.78 is 0. The average molecular weight is 274 g/mol. The molecule has 0 saturated carbocycles. The summed E-state index contributed by atoms with van der Waals surface area (Å²) in [7, 11) is 0. The van der Waals surface area contributed by atoms with Gasteiger partial charge in [0.25, 0.3) is 0 Å². The Labute approximate surface area is 117 Å². The molecule has 0 aliphatic carbocycles. The van der Waals surface area contributed by atoms with Gasteiger partial charge in [-0.15, -0.1) is 11.3 Å². The predicted octanol–water partition coefficient (Wildman–Crippen LogP) is 4.48. The van der Waals surface area contributed by atoms with Gasteiger partial charge >= 0.3 is 5.97 Å². The number of hydrogen-bond acceptors (Lipinski definition) is 2. The number of hydrogen-bond donors (Lipinski definition) is 1. The van der Waals surface area contributed by atoms with E-state index in [1.54, 1.807) is 11.3 Å². The quantitative estimate of drug-likeness (QED) is 0.873. The molecule has 100 valence electrons. The lowest BCUT2D eigenvalue weighted by Gasteiger charge is -2.15. The lowest BCUT2D eigenvalue weighted by molar-refractivity contribution is -0.137. The second-order valence-corrected chi connectivity index (χ2v) is 5.97. The molecule has 0 aliphatic heterocycles. The smallest absolute Gasteiger partial charge is 0.304 e. The summed E-state index contributed by atoms with van der Waals surface area (Å²) >= 11 is 1.62. The maximum absolute atomic E-state index is 11.1. The molecule has 1 unspecified atom stereocenters. The van der Waals surface area contributed by atoms with Gasteiger partial charge in [0.2, 0.25) is 0 Å². The van der Waals surface area contributed by atoms with Crippen molar-refractivity contribution < 1.29 is 9.90 Å². The normalized spacial score (nSPS) is 12.6. The standard InChI is InChI=1S/C16H18O2S/c1-11(2)12-5-7-13(8-6-12)14(10-16(17)18)15-4-3-9-19-15/h3-9,11,14H,10H2,1-2H3,(H,17,18). The third-order valence-corrected chi connectivity index (χ3v) is 4.26. The van der Waals surface area contributed by atoms with Gasteiger partial charge in [-0.05, 0) is 28.5 Å². The first-order valence-corrected chi connectivity index (χ1v) is 7.31. The van der Waals surface area contributed by atoms with Crippen LogP contribution in [0.25, 0.3) is 0 Å². The van der Waals surface area contributed by atoms with E-state index in [1.165, 1.54) is 5.56 Å². The van der Waals surface area contributed by atoms with Crippen LogP contribution >= 0.6 is 11.3 Å². The van der Waals surface area contributed by atoms with Crippen molar-refractivity contribution in [2.75, 3.05) is 0 Å². The molecule has 1 atom stereocenters. The molecule has 2 nitrogen and oxygen atoms in total. The van der Waals surface area contributed by atoms with Gasteiger partial charge in [0.1, 0.15) is 0 Å². The first-order chi connectivity index (χ1) is 9.08. The predicted molar refractivity (Wildman–Crippen MR) is 78.9 cm³/mol. The third kappa shape index (κ3) is 3.44. The van der Waals surface area contributed by atoms with Crippen molar-refractivity contribution >= 4 is 17.3 Å². The van der Waals surface area contributed by atoms with E-state index in [0.717, 1.165) is 10.4 Å². The molecule has 0 amide bonds. The second kappa shape index (κ2) is 6.02. The van der Waals surface area contributed by atoms with Crippen LogP contribution < -0.4 is 0 Å². The van der Waals surface area contributed by atoms with Crippen LogP contribution in [-0.2, 0) is 4.79 Å². The van der Waals surface area contributed by atoms with E-state index in [0.29, 0.717) is 5.92 Å². The van der Waals surface area contributed by atoms with E-state index in [4.69, 9.17) is 5.11 Å². The maximum atomic E-state index is 11.1. The fourth-order valence-corrected chi connectivity index (χ4v) is 3.02. The third-order valence-electron chi connectivity index (χ3n) is 3.27. The van der Waals surface area contributed by atoms with E-state index >= 15 is 0 Å². The molecule has 19 heavy (non-hydrogen) atoms. The van der Waals surface area contributed by atoms with Crippen molar-refractivity contribution in [2.24, 2.45) is 0 Å². The summed E-state index contributed by atoms with van der Waals surface area (Å²) in [5.74, 6) is -0.307. The second-order valence-electron chi connectivity index (χ2n) is 4.99. The monoisotopic (exact) mass is 274 g/mol. The van der Waals surface area contributed by atoms with Gasteiger partial charge in [0.05, 0.1) is 6.42 Å². The molecule has 0 aliphatic rings. The first-order valence-electron chi connectivity index (χ1n) is 6.43. The summed E-state index contributed by atoms with van der Waals surface area (Å²) in [5, 5.41) is 11.1. The molecule has 1 aromatic carbocycles. The van der Waals surface area contributed by atoms with Crippen LogP contribution in [0.5, 0.6) is 0 Å². The number of benzene rings is 1. The van der Waals surface area contributed by atoms with E-state index in [9.17, 15) is 4.79 Å². The molecule has 1 aromatic heterocycles. The van der Waals surface area contributed by atoms with Crippen LogP contribution in [-0.4, -0.2) is 11.1 Å². The minimum Gasteiger partial charge on any atom is -0.481 e. The number of rotatable bonds is 5. The Morgan fingerprint density at radius 1 is 1.16 bits per heavy atom. The molecule has 2 aromatic rings. The molecule has 1 N–H and O–H groups in total. The fraction of sp³-hybridized carbons (Fsp3) is 0.312. The van der Waals surface area contributed by atoms with Gasteiger partial charge in [0.15, 0.2) is 0 Å². The minimum absolute atomic E-state index is 0.0429. The van der Waals surface area contributed by atoms with Crippen molar-refractivity contribution in [3.8, 4) is 0 Å². The Morgan fingerprint density at radius 3 is 2.26 bits per heavy atom. The highest BCUT2D eigenvalue weighted by Gasteiger charge is 2.18. The maximum Gasteiger partial charge on any atom is 0.304 e. The van der Waals surface area contributed by atoms with Gasteiger partial charge < -0.3 is 5.11 Å². The molecule has 3 heteroatoms. The van der Waals surface area contributed by atoms with E-state index < -0.39 is 5.97 Å². The Kier molecular flexibility index (Phi) is 4.38. The molecule has 2 rings (SSSR count). The summed E-state index contributed by atoms with van der Waals surface area (Å²) in [6.07, 6.45) is 0.140. The van der Waals surface area contributed by atoms with Gasteiger partial charge in [-0.3, -0.25) is 4.79 Å². The Hall–Kier alpha value is -1.61. The van der Waals surface area contributed by atoms with Gasteiger partial charge in [-0.1, -0.05) is 44.2 Å². The van der Waals surface area contributed by atoms with Crippen molar-refractivity contribution in [2.45, 2.75) is 32.1 Å². The molecule has 0 saturated heterocycles. The SMILES string of the molecule is CC(C)c1ccc(C(CC(=O)O)c2cccs2)cc1. The molecule has 0 spiro atoms. The van der Waals surface area contributed by atoms with Crippen LogP contribution in [0.2, 0.25) is 0 Å². The van der Waals surface area contributed by atoms with Gasteiger partial charge in [-0.25, -0.2) is 0 Å². The van der Waals surface area contributed by atoms with Crippen LogP contribution in [0.15, 0.2) is 41.8 Å². The molecular weight excluding hydrogens is 256 g/mol. The minimum atomic E-state index is -0.758. The largest absolute Gasteiger partial charge is 0.481 e. The zero-order chi connectivity index (χ0) is 13.8. The van der Waals surface area contributed by atoms with Crippen LogP contribution in [0, 0.1) is 0 Å². The fourth-order valence-electron chi connectivity index (χ4n) is 2.16. The average Bonchev–Trinajstić information content (AvgIpc) is 2.89. The Balaban J connectivity index is 2.30. The van der Waals surface area contributed by atoms with Crippen molar-refractivity contribution in [3.63, 3.8) is 0 Å². The number of carbonyl (C=O) groups is 1. The van der Waals surface area contributed by atoms with Crippen LogP contribution in [0.4, 0.5) is 0 Å². The van der Waals surface area contributed by atoms with Crippen molar-refractivity contribution in [1.82, 2.24) is 0 Å². The lowest BCUT2D eigenvalue weighted by Crippen LogP contribution is -2.06. The molecule has 0 bridgehead atoms. The van der Waals surface area contributed by atoms with Gasteiger partial charge in [0, 0.05) is 10.8 Å². The topological polar surface area (TPSA) is 37.3 Å². The highest BCUT2D eigenvalue weighted by molar-refractivity contribution is 7.10. The van der Waals surface area contributed by atoms with E-state index in [-0.39, 0.29) is 12.3 Å². The summed E-state index contributed by atoms with van der Waals surface area (Å²) in [6, 6.07) is 12.3. The van der Waals surface area contributed by atoms with Crippen LogP contribution in [0.1, 0.15) is 48.1 Å². The highest BCUT2D eigenvalue weighted by atomic mass is 32.1.